The summed E-state index contributed by atoms with van der Waals surface area (Å²) in [6.07, 6.45) is -0.258. The lowest BCUT2D eigenvalue weighted by Gasteiger charge is -2.22. The van der Waals surface area contributed by atoms with E-state index in [1.807, 2.05) is 36.5 Å². The van der Waals surface area contributed by atoms with Gasteiger partial charge in [0, 0.05) is 36.1 Å². The Labute approximate surface area is 210 Å². The molecule has 0 saturated carbocycles. The summed E-state index contributed by atoms with van der Waals surface area (Å²) in [5.74, 6) is -1.14. The van der Waals surface area contributed by atoms with Crippen molar-refractivity contribution in [2.45, 2.75) is 25.4 Å². The first-order valence-corrected chi connectivity index (χ1v) is 11.5. The van der Waals surface area contributed by atoms with Gasteiger partial charge in [0.15, 0.2) is 0 Å². The molecule has 0 amide bonds. The van der Waals surface area contributed by atoms with Crippen LogP contribution in [0.3, 0.4) is 0 Å². The summed E-state index contributed by atoms with van der Waals surface area (Å²) in [6, 6.07) is 16.4. The number of hydrogen-bond acceptors (Lipinski definition) is 5. The van der Waals surface area contributed by atoms with Crippen LogP contribution in [0.5, 0.6) is 0 Å². The Balaban J connectivity index is 1.73. The van der Waals surface area contributed by atoms with E-state index in [2.05, 4.69) is 15.1 Å². The minimum Gasteiger partial charge on any atom is -0.383 e. The summed E-state index contributed by atoms with van der Waals surface area (Å²) in [7, 11) is 1.80. The zero-order chi connectivity index (χ0) is 26.3. The van der Waals surface area contributed by atoms with Gasteiger partial charge in [0.05, 0.1) is 17.3 Å². The molecule has 5 rings (SSSR count). The van der Waals surface area contributed by atoms with Crippen molar-refractivity contribution < 1.29 is 13.2 Å². The molecule has 37 heavy (non-hydrogen) atoms. The van der Waals surface area contributed by atoms with E-state index >= 15 is 0 Å². The van der Waals surface area contributed by atoms with Gasteiger partial charge in [0.1, 0.15) is 17.7 Å². The number of benzene rings is 2. The predicted octanol–water partition coefficient (Wildman–Crippen LogP) is 5.13. The average Bonchev–Trinajstić information content (AvgIpc) is 3.29. The summed E-state index contributed by atoms with van der Waals surface area (Å²) in [5, 5.41) is 5.41. The molecular formula is C27H23F3N6O. The highest BCUT2D eigenvalue weighted by Gasteiger charge is 2.38. The number of nitrogens with zero attached hydrogens (tertiary/aromatic N) is 5. The quantitative estimate of drug-likeness (QED) is 0.358. The van der Waals surface area contributed by atoms with Gasteiger partial charge in [0.2, 0.25) is 0 Å². The highest BCUT2D eigenvalue weighted by atomic mass is 19.4. The van der Waals surface area contributed by atoms with Gasteiger partial charge in [-0.3, -0.25) is 14.0 Å². The third kappa shape index (κ3) is 4.46. The zero-order valence-corrected chi connectivity index (χ0v) is 20.1. The molecule has 188 valence electrons. The molecule has 5 aromatic rings. The maximum atomic E-state index is 14.1. The first kappa shape index (κ1) is 24.2. The van der Waals surface area contributed by atoms with E-state index in [9.17, 15) is 18.0 Å². The Kier molecular flexibility index (Phi) is 6.02. The van der Waals surface area contributed by atoms with Crippen LogP contribution in [-0.4, -0.2) is 24.3 Å². The molecular weight excluding hydrogens is 481 g/mol. The molecule has 0 spiro atoms. The topological polar surface area (TPSA) is 91.6 Å². The van der Waals surface area contributed by atoms with Crippen LogP contribution in [0.2, 0.25) is 0 Å². The molecule has 0 bridgehead atoms. The van der Waals surface area contributed by atoms with Crippen LogP contribution in [-0.2, 0) is 19.6 Å². The van der Waals surface area contributed by atoms with E-state index in [4.69, 9.17) is 5.73 Å². The van der Waals surface area contributed by atoms with E-state index in [0.29, 0.717) is 22.2 Å². The molecule has 2 aromatic carbocycles. The third-order valence-corrected chi connectivity index (χ3v) is 6.35. The summed E-state index contributed by atoms with van der Waals surface area (Å²) in [4.78, 5) is 21.5. The standard InChI is InChI=1S/C27H23F3N6O/c1-16(11-21-24(27(28,29)30)25(31)33-15-32-21)22-12-17-7-6-10-20(18-13-34-35(2)14-18)23(17)26(37)36(22)19-8-4-3-5-9-19/h3-10,12-16H,11H2,1-2H3,(H2,31,32,33)/t16-/m1/s1. The molecule has 3 aromatic heterocycles. The number of pyridine rings is 1. The van der Waals surface area contributed by atoms with Gasteiger partial charge < -0.3 is 5.73 Å². The molecule has 1 atom stereocenters. The number of para-hydroxylation sites is 1. The number of nitrogens with two attached hydrogens (primary N) is 1. The molecule has 0 aliphatic heterocycles. The lowest BCUT2D eigenvalue weighted by molar-refractivity contribution is -0.138. The second-order valence-corrected chi connectivity index (χ2v) is 8.90. The van der Waals surface area contributed by atoms with Gasteiger partial charge in [0.25, 0.3) is 5.56 Å². The van der Waals surface area contributed by atoms with E-state index in [-0.39, 0.29) is 17.7 Å². The molecule has 3 heterocycles. The van der Waals surface area contributed by atoms with Gasteiger partial charge in [-0.05, 0) is 35.6 Å². The number of anilines is 1. The molecule has 0 radical (unpaired) electrons. The Hall–Kier alpha value is -4.47. The lowest BCUT2D eigenvalue weighted by Crippen LogP contribution is -2.25. The van der Waals surface area contributed by atoms with Gasteiger partial charge in [-0.1, -0.05) is 43.3 Å². The summed E-state index contributed by atoms with van der Waals surface area (Å²) < 4.78 is 44.5. The van der Waals surface area contributed by atoms with Crippen molar-refractivity contribution in [1.82, 2.24) is 24.3 Å². The van der Waals surface area contributed by atoms with Crippen LogP contribution < -0.4 is 11.3 Å². The van der Waals surface area contributed by atoms with Crippen LogP contribution in [0.25, 0.3) is 27.6 Å². The lowest BCUT2D eigenvalue weighted by atomic mass is 9.94. The van der Waals surface area contributed by atoms with E-state index < -0.39 is 23.5 Å². The molecule has 2 N–H and O–H groups in total. The minimum absolute atomic E-state index is 0.0956. The highest BCUT2D eigenvalue weighted by molar-refractivity contribution is 5.96. The Morgan fingerprint density at radius 3 is 2.49 bits per heavy atom. The van der Waals surface area contributed by atoms with Crippen molar-refractivity contribution >= 4 is 16.6 Å². The highest BCUT2D eigenvalue weighted by Crippen LogP contribution is 2.37. The Morgan fingerprint density at radius 2 is 1.81 bits per heavy atom. The first-order chi connectivity index (χ1) is 17.6. The third-order valence-electron chi connectivity index (χ3n) is 6.35. The number of rotatable bonds is 5. The second-order valence-electron chi connectivity index (χ2n) is 8.90. The van der Waals surface area contributed by atoms with Gasteiger partial charge in [-0.15, -0.1) is 0 Å². The van der Waals surface area contributed by atoms with Crippen LogP contribution in [0.1, 0.15) is 29.8 Å². The van der Waals surface area contributed by atoms with Crippen LogP contribution in [0, 0.1) is 0 Å². The molecule has 0 saturated heterocycles. The Morgan fingerprint density at radius 1 is 1.05 bits per heavy atom. The van der Waals surface area contributed by atoms with Crippen molar-refractivity contribution in [3.63, 3.8) is 0 Å². The number of nitrogen functional groups attached to an aromatic ring is 1. The molecule has 0 fully saturated rings. The van der Waals surface area contributed by atoms with Crippen molar-refractivity contribution in [3.05, 3.63) is 101 Å². The SMILES string of the molecule is C[C@H](Cc1ncnc(N)c1C(F)(F)F)c1cc2cccc(-c3cnn(C)c3)c2c(=O)n1-c1ccccc1. The number of halogens is 3. The monoisotopic (exact) mass is 504 g/mol. The van der Waals surface area contributed by atoms with E-state index in [1.165, 1.54) is 0 Å². The maximum Gasteiger partial charge on any atom is 0.421 e. The van der Waals surface area contributed by atoms with Crippen molar-refractivity contribution in [2.24, 2.45) is 7.05 Å². The van der Waals surface area contributed by atoms with Crippen molar-refractivity contribution in [3.8, 4) is 16.8 Å². The number of alkyl halides is 3. The fraction of sp³-hybridized carbons (Fsp3) is 0.185. The largest absolute Gasteiger partial charge is 0.421 e. The minimum atomic E-state index is -4.71. The van der Waals surface area contributed by atoms with Crippen molar-refractivity contribution in [2.75, 3.05) is 5.73 Å². The molecule has 0 aliphatic carbocycles. The van der Waals surface area contributed by atoms with Crippen LogP contribution in [0.4, 0.5) is 19.0 Å². The fourth-order valence-corrected chi connectivity index (χ4v) is 4.68. The summed E-state index contributed by atoms with van der Waals surface area (Å²) in [5.41, 5.74) is 6.72. The van der Waals surface area contributed by atoms with E-state index in [1.54, 1.807) is 53.7 Å². The molecule has 7 nitrogen and oxygen atoms in total. The number of hydrogen-bond donors (Lipinski definition) is 1. The normalized spacial score (nSPS) is 12.7. The van der Waals surface area contributed by atoms with Gasteiger partial charge >= 0.3 is 6.18 Å². The summed E-state index contributed by atoms with van der Waals surface area (Å²) >= 11 is 0. The molecule has 0 unspecified atom stereocenters. The average molecular weight is 505 g/mol. The second kappa shape index (κ2) is 9.20. The zero-order valence-electron chi connectivity index (χ0n) is 20.1. The molecule has 0 aliphatic rings. The van der Waals surface area contributed by atoms with Gasteiger partial charge in [-0.2, -0.15) is 18.3 Å². The number of aryl methyl sites for hydroxylation is 1. The van der Waals surface area contributed by atoms with E-state index in [0.717, 1.165) is 17.5 Å². The maximum absolute atomic E-state index is 14.1. The smallest absolute Gasteiger partial charge is 0.383 e. The Bertz CT molecular complexity index is 1660. The molecule has 10 heteroatoms. The van der Waals surface area contributed by atoms with Crippen LogP contribution in [0.15, 0.2) is 78.1 Å². The number of aromatic nitrogens is 5. The fourth-order valence-electron chi connectivity index (χ4n) is 4.68. The summed E-state index contributed by atoms with van der Waals surface area (Å²) in [6.45, 7) is 1.77. The van der Waals surface area contributed by atoms with Gasteiger partial charge in [-0.25, -0.2) is 9.97 Å². The van der Waals surface area contributed by atoms with Crippen LogP contribution >= 0.6 is 0 Å². The van der Waals surface area contributed by atoms with Crippen molar-refractivity contribution in [1.29, 1.82) is 0 Å². The number of fused-ring (bicyclic) bond motifs is 1. The predicted molar refractivity (Wildman–Crippen MR) is 135 cm³/mol. The first-order valence-electron chi connectivity index (χ1n) is 11.5.